The molecule has 0 bridgehead atoms. The van der Waals surface area contributed by atoms with Crippen molar-refractivity contribution in [2.75, 3.05) is 11.9 Å². The third kappa shape index (κ3) is 5.49. The van der Waals surface area contributed by atoms with Gasteiger partial charge in [0.05, 0.1) is 16.8 Å². The Morgan fingerprint density at radius 1 is 1.00 bits per heavy atom. The zero-order valence-corrected chi connectivity index (χ0v) is 15.6. The first-order valence-electron chi connectivity index (χ1n) is 9.33. The molecular formula is C21H21F3N2O3. The summed E-state index contributed by atoms with van der Waals surface area (Å²) in [6.07, 6.45) is -0.600. The third-order valence-electron chi connectivity index (χ3n) is 4.69. The zero-order chi connectivity index (χ0) is 20.9. The highest BCUT2D eigenvalue weighted by molar-refractivity contribution is 6.04. The van der Waals surface area contributed by atoms with Crippen LogP contribution in [0.15, 0.2) is 48.5 Å². The first kappa shape index (κ1) is 20.7. The molecule has 2 N–H and O–H groups in total. The van der Waals surface area contributed by atoms with Gasteiger partial charge in [-0.1, -0.05) is 37.1 Å². The van der Waals surface area contributed by atoms with Gasteiger partial charge >= 0.3 is 6.18 Å². The monoisotopic (exact) mass is 406 g/mol. The van der Waals surface area contributed by atoms with Crippen LogP contribution in [0.25, 0.3) is 0 Å². The van der Waals surface area contributed by atoms with Crippen LogP contribution in [0.2, 0.25) is 0 Å². The van der Waals surface area contributed by atoms with E-state index in [1.807, 2.05) is 0 Å². The number of alkyl halides is 3. The number of anilines is 1. The van der Waals surface area contributed by atoms with Crippen molar-refractivity contribution in [2.24, 2.45) is 0 Å². The average Bonchev–Trinajstić information content (AvgIpc) is 3.19. The van der Waals surface area contributed by atoms with E-state index in [4.69, 9.17) is 4.74 Å². The van der Waals surface area contributed by atoms with Crippen LogP contribution in [-0.4, -0.2) is 24.5 Å². The Morgan fingerprint density at radius 2 is 1.66 bits per heavy atom. The molecule has 1 saturated carbocycles. The molecule has 2 aromatic carbocycles. The van der Waals surface area contributed by atoms with Crippen molar-refractivity contribution in [1.82, 2.24) is 5.32 Å². The van der Waals surface area contributed by atoms with Gasteiger partial charge in [-0.05, 0) is 37.1 Å². The molecule has 0 aromatic heterocycles. The number of nitrogens with one attached hydrogen (secondary N) is 2. The molecule has 0 heterocycles. The fourth-order valence-electron chi connectivity index (χ4n) is 3.28. The summed E-state index contributed by atoms with van der Waals surface area (Å²) in [5.41, 5.74) is -0.381. The second-order valence-corrected chi connectivity index (χ2v) is 6.83. The van der Waals surface area contributed by atoms with E-state index in [1.165, 1.54) is 12.1 Å². The van der Waals surface area contributed by atoms with Crippen molar-refractivity contribution in [3.63, 3.8) is 0 Å². The summed E-state index contributed by atoms with van der Waals surface area (Å²) in [6.45, 7) is -0.619. The zero-order valence-electron chi connectivity index (χ0n) is 15.6. The number of carbonyl (C=O) groups is 2. The highest BCUT2D eigenvalue weighted by Crippen LogP contribution is 2.35. The Kier molecular flexibility index (Phi) is 6.41. The van der Waals surface area contributed by atoms with Crippen LogP contribution in [0, 0.1) is 0 Å². The minimum Gasteiger partial charge on any atom is -0.483 e. The van der Waals surface area contributed by atoms with Gasteiger partial charge in [0, 0.05) is 6.04 Å². The molecule has 0 aliphatic heterocycles. The molecule has 8 heteroatoms. The largest absolute Gasteiger partial charge is 0.483 e. The van der Waals surface area contributed by atoms with E-state index in [1.54, 1.807) is 24.3 Å². The first-order chi connectivity index (χ1) is 13.8. The van der Waals surface area contributed by atoms with E-state index < -0.39 is 30.0 Å². The Balaban J connectivity index is 1.64. The molecule has 0 atom stereocenters. The Hall–Kier alpha value is -3.03. The molecule has 1 aliphatic carbocycles. The lowest BCUT2D eigenvalue weighted by Gasteiger charge is -2.16. The van der Waals surface area contributed by atoms with Crippen molar-refractivity contribution in [2.45, 2.75) is 37.9 Å². The standard InChI is InChI=1S/C21H21F3N2O3/c22-21(23,24)16-10-4-6-12-18(16)29-13-19(27)26-17-11-5-3-9-15(17)20(28)25-14-7-1-2-8-14/h3-6,9-12,14H,1-2,7-8,13H2,(H,25,28)(H,26,27). The summed E-state index contributed by atoms with van der Waals surface area (Å²) in [4.78, 5) is 24.7. The van der Waals surface area contributed by atoms with Crippen molar-refractivity contribution >= 4 is 17.5 Å². The molecular weight excluding hydrogens is 385 g/mol. The predicted octanol–water partition coefficient (Wildman–Crippen LogP) is 4.40. The summed E-state index contributed by atoms with van der Waals surface area (Å²) in [5, 5.41) is 5.48. The second kappa shape index (κ2) is 8.98. The van der Waals surface area contributed by atoms with Crippen LogP contribution in [0.1, 0.15) is 41.6 Å². The number of hydrogen-bond acceptors (Lipinski definition) is 3. The Bertz CT molecular complexity index is 877. The minimum absolute atomic E-state index is 0.119. The van der Waals surface area contributed by atoms with Gasteiger partial charge in [0.1, 0.15) is 5.75 Å². The number of para-hydroxylation sites is 2. The number of hydrogen-bond donors (Lipinski definition) is 2. The third-order valence-corrected chi connectivity index (χ3v) is 4.69. The number of carbonyl (C=O) groups excluding carboxylic acids is 2. The lowest BCUT2D eigenvalue weighted by atomic mass is 10.1. The molecule has 2 aromatic rings. The maximum atomic E-state index is 13.0. The van der Waals surface area contributed by atoms with Crippen molar-refractivity contribution in [1.29, 1.82) is 0 Å². The van der Waals surface area contributed by atoms with E-state index in [9.17, 15) is 22.8 Å². The maximum Gasteiger partial charge on any atom is 0.419 e. The summed E-state index contributed by atoms with van der Waals surface area (Å²) >= 11 is 0. The lowest BCUT2D eigenvalue weighted by Crippen LogP contribution is -2.33. The number of benzene rings is 2. The Labute approximate surface area is 166 Å². The lowest BCUT2D eigenvalue weighted by molar-refractivity contribution is -0.139. The average molecular weight is 406 g/mol. The minimum atomic E-state index is -4.59. The van der Waals surface area contributed by atoms with E-state index in [0.29, 0.717) is 5.56 Å². The van der Waals surface area contributed by atoms with Crippen molar-refractivity contribution in [3.05, 3.63) is 59.7 Å². The van der Waals surface area contributed by atoms with Gasteiger partial charge in [0.2, 0.25) is 0 Å². The van der Waals surface area contributed by atoms with E-state index >= 15 is 0 Å². The summed E-state index contributed by atoms with van der Waals surface area (Å²) in [6, 6.07) is 11.3. The van der Waals surface area contributed by atoms with Gasteiger partial charge in [0.25, 0.3) is 11.8 Å². The molecule has 5 nitrogen and oxygen atoms in total. The van der Waals surface area contributed by atoms with Gasteiger partial charge < -0.3 is 15.4 Å². The quantitative estimate of drug-likeness (QED) is 0.748. The van der Waals surface area contributed by atoms with Crippen molar-refractivity contribution < 1.29 is 27.5 Å². The fraction of sp³-hybridized carbons (Fsp3) is 0.333. The molecule has 1 aliphatic rings. The molecule has 2 amide bonds. The van der Waals surface area contributed by atoms with Crippen LogP contribution < -0.4 is 15.4 Å². The van der Waals surface area contributed by atoms with Crippen LogP contribution in [0.3, 0.4) is 0 Å². The van der Waals surface area contributed by atoms with Crippen molar-refractivity contribution in [3.8, 4) is 5.75 Å². The molecule has 1 fully saturated rings. The van der Waals surface area contributed by atoms with Gasteiger partial charge in [-0.25, -0.2) is 0 Å². The first-order valence-corrected chi connectivity index (χ1v) is 9.33. The number of amides is 2. The van der Waals surface area contributed by atoms with Gasteiger partial charge in [-0.15, -0.1) is 0 Å². The highest BCUT2D eigenvalue weighted by Gasteiger charge is 2.34. The normalized spacial score (nSPS) is 14.4. The van der Waals surface area contributed by atoms with E-state index in [2.05, 4.69) is 10.6 Å². The number of rotatable bonds is 6. The molecule has 3 rings (SSSR count). The molecule has 0 unspecified atom stereocenters. The molecule has 154 valence electrons. The van der Waals surface area contributed by atoms with E-state index in [-0.39, 0.29) is 17.6 Å². The topological polar surface area (TPSA) is 67.4 Å². The Morgan fingerprint density at radius 3 is 2.38 bits per heavy atom. The van der Waals surface area contributed by atoms with Gasteiger partial charge in [0.15, 0.2) is 6.61 Å². The second-order valence-electron chi connectivity index (χ2n) is 6.83. The summed E-state index contributed by atoms with van der Waals surface area (Å²) in [5.74, 6) is -1.39. The van der Waals surface area contributed by atoms with Crippen LogP contribution in [0.4, 0.5) is 18.9 Å². The van der Waals surface area contributed by atoms with Crippen LogP contribution in [0.5, 0.6) is 5.75 Å². The molecule has 29 heavy (non-hydrogen) atoms. The van der Waals surface area contributed by atoms with E-state index in [0.717, 1.165) is 37.8 Å². The smallest absolute Gasteiger partial charge is 0.419 e. The fourth-order valence-corrected chi connectivity index (χ4v) is 3.28. The van der Waals surface area contributed by atoms with Crippen LogP contribution in [-0.2, 0) is 11.0 Å². The number of ether oxygens (including phenoxy) is 1. The maximum absolute atomic E-state index is 13.0. The van der Waals surface area contributed by atoms with Crippen LogP contribution >= 0.6 is 0 Å². The molecule has 0 spiro atoms. The molecule has 0 saturated heterocycles. The van der Waals surface area contributed by atoms with Gasteiger partial charge in [-0.2, -0.15) is 13.2 Å². The highest BCUT2D eigenvalue weighted by atomic mass is 19.4. The number of halogens is 3. The predicted molar refractivity (Wildman–Crippen MR) is 102 cm³/mol. The SMILES string of the molecule is O=C(COc1ccccc1C(F)(F)F)Nc1ccccc1C(=O)NC1CCCC1. The summed E-state index contributed by atoms with van der Waals surface area (Å²) in [7, 11) is 0. The van der Waals surface area contributed by atoms with Gasteiger partial charge in [-0.3, -0.25) is 9.59 Å². The molecule has 0 radical (unpaired) electrons. The summed E-state index contributed by atoms with van der Waals surface area (Å²) < 4.78 is 44.1.